The number of nitrogens with two attached hydrogens (primary N) is 1. The Morgan fingerprint density at radius 2 is 1.77 bits per heavy atom. The molecule has 0 aromatic rings. The van der Waals surface area contributed by atoms with Gasteiger partial charge in [-0.3, -0.25) is 4.99 Å². The van der Waals surface area contributed by atoms with Gasteiger partial charge in [-0.2, -0.15) is 0 Å². The Balaban J connectivity index is 1.74. The van der Waals surface area contributed by atoms with Crippen molar-refractivity contribution in [2.75, 3.05) is 0 Å². The Morgan fingerprint density at radius 3 is 2.38 bits per heavy atom. The summed E-state index contributed by atoms with van der Waals surface area (Å²) in [5.41, 5.74) is 5.78. The Kier molecular flexibility index (Phi) is 2.71. The molecule has 0 aliphatic heterocycles. The van der Waals surface area contributed by atoms with E-state index in [0.717, 1.165) is 0 Å². The van der Waals surface area contributed by atoms with Crippen molar-refractivity contribution in [3.63, 3.8) is 0 Å². The zero-order valence-electron chi connectivity index (χ0n) is 8.13. The van der Waals surface area contributed by atoms with E-state index in [1.54, 1.807) is 0 Å². The first-order valence-corrected chi connectivity index (χ1v) is 5.44. The van der Waals surface area contributed by atoms with Crippen molar-refractivity contribution in [2.45, 2.75) is 57.0 Å². The Labute approximate surface area is 79.8 Å². The zero-order chi connectivity index (χ0) is 9.10. The summed E-state index contributed by atoms with van der Waals surface area (Å²) in [6, 6.07) is 1.13. The standard InChI is InChI=1S/C10H19N3/c11-10(13-9-6-7-9)12-8-4-2-1-3-5-8/h8-9H,1-7H2,(H3,11,12,13). The predicted molar refractivity (Wildman–Crippen MR) is 54.7 cm³/mol. The Hall–Kier alpha value is -0.730. The molecule has 0 aromatic carbocycles. The van der Waals surface area contributed by atoms with Crippen molar-refractivity contribution >= 4 is 5.96 Å². The normalized spacial score (nSPS) is 26.0. The smallest absolute Gasteiger partial charge is 0.189 e. The van der Waals surface area contributed by atoms with Gasteiger partial charge in [-0.05, 0) is 25.7 Å². The van der Waals surface area contributed by atoms with Crippen molar-refractivity contribution in [3.8, 4) is 0 Å². The lowest BCUT2D eigenvalue weighted by molar-refractivity contribution is 0.412. The molecule has 0 spiro atoms. The van der Waals surface area contributed by atoms with Crippen LogP contribution in [0.15, 0.2) is 4.99 Å². The fraction of sp³-hybridized carbons (Fsp3) is 0.900. The van der Waals surface area contributed by atoms with Gasteiger partial charge in [-0.1, -0.05) is 19.3 Å². The predicted octanol–water partition coefficient (Wildman–Crippen LogP) is 1.39. The molecule has 2 rings (SSSR count). The molecule has 3 heteroatoms. The van der Waals surface area contributed by atoms with Crippen LogP contribution < -0.4 is 11.1 Å². The maximum atomic E-state index is 5.78. The van der Waals surface area contributed by atoms with Crippen LogP contribution in [0.3, 0.4) is 0 Å². The topological polar surface area (TPSA) is 50.4 Å². The molecular weight excluding hydrogens is 162 g/mol. The van der Waals surface area contributed by atoms with E-state index in [9.17, 15) is 0 Å². The third-order valence-corrected chi connectivity index (χ3v) is 2.83. The molecule has 3 N–H and O–H groups in total. The zero-order valence-corrected chi connectivity index (χ0v) is 8.13. The van der Waals surface area contributed by atoms with E-state index >= 15 is 0 Å². The van der Waals surface area contributed by atoms with E-state index in [-0.39, 0.29) is 0 Å². The SMILES string of the molecule is NC(=NC1CC1)NC1CCCCC1. The summed E-state index contributed by atoms with van der Waals surface area (Å²) < 4.78 is 0. The lowest BCUT2D eigenvalue weighted by Crippen LogP contribution is -2.41. The molecule has 3 nitrogen and oxygen atoms in total. The van der Waals surface area contributed by atoms with Gasteiger partial charge >= 0.3 is 0 Å². The van der Waals surface area contributed by atoms with Crippen LogP contribution in [0.2, 0.25) is 0 Å². The summed E-state index contributed by atoms with van der Waals surface area (Å²) in [7, 11) is 0. The molecule has 0 saturated heterocycles. The van der Waals surface area contributed by atoms with Crippen molar-refractivity contribution in [1.82, 2.24) is 5.32 Å². The van der Waals surface area contributed by atoms with Gasteiger partial charge in [0.15, 0.2) is 5.96 Å². The van der Waals surface area contributed by atoms with E-state index in [4.69, 9.17) is 5.73 Å². The summed E-state index contributed by atoms with van der Waals surface area (Å²) in [5, 5.41) is 3.32. The molecule has 0 bridgehead atoms. The lowest BCUT2D eigenvalue weighted by atomic mass is 9.96. The Bertz CT molecular complexity index is 190. The highest BCUT2D eigenvalue weighted by Crippen LogP contribution is 2.23. The molecule has 0 atom stereocenters. The number of hydrogen-bond donors (Lipinski definition) is 2. The van der Waals surface area contributed by atoms with Gasteiger partial charge in [0.2, 0.25) is 0 Å². The fourth-order valence-corrected chi connectivity index (χ4v) is 1.89. The number of nitrogens with one attached hydrogen (secondary N) is 1. The summed E-state index contributed by atoms with van der Waals surface area (Å²) in [6.07, 6.45) is 9.06. The van der Waals surface area contributed by atoms with Crippen molar-refractivity contribution in [2.24, 2.45) is 10.7 Å². The second-order valence-electron chi connectivity index (χ2n) is 4.22. The van der Waals surface area contributed by atoms with Crippen LogP contribution >= 0.6 is 0 Å². The first-order chi connectivity index (χ1) is 6.34. The van der Waals surface area contributed by atoms with Crippen LogP contribution in [0.25, 0.3) is 0 Å². The minimum absolute atomic E-state index is 0.538. The minimum atomic E-state index is 0.538. The molecule has 0 unspecified atom stereocenters. The van der Waals surface area contributed by atoms with Gasteiger partial charge in [0, 0.05) is 6.04 Å². The molecule has 2 aliphatic carbocycles. The largest absolute Gasteiger partial charge is 0.370 e. The number of rotatable bonds is 2. The Morgan fingerprint density at radius 1 is 1.08 bits per heavy atom. The fourth-order valence-electron chi connectivity index (χ4n) is 1.89. The summed E-state index contributed by atoms with van der Waals surface area (Å²) in [4.78, 5) is 4.37. The molecule has 0 radical (unpaired) electrons. The number of nitrogens with zero attached hydrogens (tertiary/aromatic N) is 1. The highest BCUT2D eigenvalue weighted by Gasteiger charge is 2.21. The van der Waals surface area contributed by atoms with E-state index in [0.29, 0.717) is 18.0 Å². The number of aliphatic imine (C=N–C) groups is 1. The second-order valence-corrected chi connectivity index (χ2v) is 4.22. The second kappa shape index (κ2) is 3.99. The van der Waals surface area contributed by atoms with Gasteiger partial charge < -0.3 is 11.1 Å². The van der Waals surface area contributed by atoms with E-state index in [1.165, 1.54) is 44.9 Å². The third-order valence-electron chi connectivity index (χ3n) is 2.83. The molecule has 2 aliphatic rings. The molecule has 13 heavy (non-hydrogen) atoms. The first-order valence-electron chi connectivity index (χ1n) is 5.44. The molecule has 2 saturated carbocycles. The van der Waals surface area contributed by atoms with Crippen LogP contribution in [0, 0.1) is 0 Å². The van der Waals surface area contributed by atoms with Gasteiger partial charge in [-0.25, -0.2) is 0 Å². The van der Waals surface area contributed by atoms with Crippen molar-refractivity contribution in [1.29, 1.82) is 0 Å². The van der Waals surface area contributed by atoms with Crippen LogP contribution in [-0.2, 0) is 0 Å². The minimum Gasteiger partial charge on any atom is -0.370 e. The average molecular weight is 181 g/mol. The molecular formula is C10H19N3. The van der Waals surface area contributed by atoms with Crippen LogP contribution in [0.4, 0.5) is 0 Å². The molecule has 0 aromatic heterocycles. The highest BCUT2D eigenvalue weighted by molar-refractivity contribution is 5.78. The number of hydrogen-bond acceptors (Lipinski definition) is 1. The van der Waals surface area contributed by atoms with Gasteiger partial charge in [-0.15, -0.1) is 0 Å². The van der Waals surface area contributed by atoms with Gasteiger partial charge in [0.1, 0.15) is 0 Å². The van der Waals surface area contributed by atoms with E-state index in [1.807, 2.05) is 0 Å². The van der Waals surface area contributed by atoms with E-state index < -0.39 is 0 Å². The summed E-state index contributed by atoms with van der Waals surface area (Å²) in [6.45, 7) is 0. The summed E-state index contributed by atoms with van der Waals surface area (Å²) in [5.74, 6) is 0.675. The highest BCUT2D eigenvalue weighted by atomic mass is 15.1. The third kappa shape index (κ3) is 2.90. The van der Waals surface area contributed by atoms with Crippen LogP contribution in [-0.4, -0.2) is 18.0 Å². The molecule has 0 amide bonds. The quantitative estimate of drug-likeness (QED) is 0.499. The van der Waals surface area contributed by atoms with Gasteiger partial charge in [0.25, 0.3) is 0 Å². The lowest BCUT2D eigenvalue weighted by Gasteiger charge is -2.23. The van der Waals surface area contributed by atoms with Crippen LogP contribution in [0.5, 0.6) is 0 Å². The maximum absolute atomic E-state index is 5.78. The molecule has 0 heterocycles. The monoisotopic (exact) mass is 181 g/mol. The summed E-state index contributed by atoms with van der Waals surface area (Å²) >= 11 is 0. The van der Waals surface area contributed by atoms with Gasteiger partial charge in [0.05, 0.1) is 6.04 Å². The average Bonchev–Trinajstić information content (AvgIpc) is 2.90. The van der Waals surface area contributed by atoms with Crippen molar-refractivity contribution in [3.05, 3.63) is 0 Å². The number of guanidine groups is 1. The van der Waals surface area contributed by atoms with E-state index in [2.05, 4.69) is 10.3 Å². The maximum Gasteiger partial charge on any atom is 0.189 e. The van der Waals surface area contributed by atoms with Crippen LogP contribution in [0.1, 0.15) is 44.9 Å². The first kappa shape index (κ1) is 8.85. The molecule has 74 valence electrons. The van der Waals surface area contributed by atoms with Crippen molar-refractivity contribution < 1.29 is 0 Å². The molecule has 2 fully saturated rings.